The fourth-order valence-electron chi connectivity index (χ4n) is 3.93. The zero-order valence-corrected chi connectivity index (χ0v) is 18.2. The van der Waals surface area contributed by atoms with E-state index in [9.17, 15) is 4.79 Å². The molecule has 0 radical (unpaired) electrons. The molecule has 0 saturated carbocycles. The van der Waals surface area contributed by atoms with Crippen LogP contribution in [0.3, 0.4) is 0 Å². The van der Waals surface area contributed by atoms with Crippen molar-refractivity contribution in [2.75, 3.05) is 26.2 Å². The zero-order valence-electron chi connectivity index (χ0n) is 16.6. The lowest BCUT2D eigenvalue weighted by atomic mass is 9.96. The molecule has 1 heterocycles. The second kappa shape index (κ2) is 9.67. The van der Waals surface area contributed by atoms with Crippen molar-refractivity contribution < 1.29 is 4.79 Å². The largest absolute Gasteiger partial charge is 0.290 e. The second-order valence-corrected chi connectivity index (χ2v) is 8.39. The number of nitrogens with one attached hydrogen (secondary N) is 1. The summed E-state index contributed by atoms with van der Waals surface area (Å²) in [6.45, 7) is 3.18. The molecule has 6 heteroatoms. The summed E-state index contributed by atoms with van der Waals surface area (Å²) in [6.07, 6.45) is 6.31. The number of piperazine rings is 1. The van der Waals surface area contributed by atoms with E-state index in [1.165, 1.54) is 11.1 Å². The van der Waals surface area contributed by atoms with Gasteiger partial charge in [0.05, 0.1) is 11.6 Å². The van der Waals surface area contributed by atoms with Crippen molar-refractivity contribution in [3.63, 3.8) is 0 Å². The third kappa shape index (κ3) is 4.87. The van der Waals surface area contributed by atoms with E-state index in [4.69, 9.17) is 23.8 Å². The van der Waals surface area contributed by atoms with Crippen molar-refractivity contribution in [1.82, 2.24) is 15.3 Å². The van der Waals surface area contributed by atoms with Crippen LogP contribution in [0.25, 0.3) is 0 Å². The number of amides is 1. The van der Waals surface area contributed by atoms with E-state index < -0.39 is 0 Å². The van der Waals surface area contributed by atoms with E-state index in [0.29, 0.717) is 16.9 Å². The Hall–Kier alpha value is -2.31. The summed E-state index contributed by atoms with van der Waals surface area (Å²) < 4.78 is 0. The molecule has 154 valence electrons. The Morgan fingerprint density at radius 2 is 1.63 bits per heavy atom. The summed E-state index contributed by atoms with van der Waals surface area (Å²) in [5.41, 5.74) is 6.09. The van der Waals surface area contributed by atoms with E-state index in [2.05, 4.69) is 46.7 Å². The fraction of sp³-hybridized carbons (Fsp3) is 0.250. The third-order valence-electron chi connectivity index (χ3n) is 5.49. The molecule has 0 bridgehead atoms. The van der Waals surface area contributed by atoms with Gasteiger partial charge in [-0.1, -0.05) is 78.4 Å². The molecule has 0 spiro atoms. The third-order valence-corrected chi connectivity index (χ3v) is 6.13. The first kappa shape index (κ1) is 20.9. The average molecular weight is 438 g/mol. The molecule has 4 rings (SSSR count). The number of rotatable bonds is 5. The van der Waals surface area contributed by atoms with Gasteiger partial charge in [-0.3, -0.25) is 15.1 Å². The Kier molecular flexibility index (Phi) is 6.75. The number of carbonyl (C=O) groups excluding carboxylic acids is 1. The highest BCUT2D eigenvalue weighted by Crippen LogP contribution is 2.30. The number of hydrazine groups is 1. The Morgan fingerprint density at radius 1 is 0.967 bits per heavy atom. The number of nitrogens with zero attached hydrogens (tertiary/aromatic N) is 2. The van der Waals surface area contributed by atoms with Gasteiger partial charge in [-0.25, -0.2) is 5.01 Å². The summed E-state index contributed by atoms with van der Waals surface area (Å²) in [5, 5.41) is 2.73. The number of halogens is 1. The first-order valence-corrected chi connectivity index (χ1v) is 10.9. The van der Waals surface area contributed by atoms with Crippen molar-refractivity contribution in [2.24, 2.45) is 0 Å². The monoisotopic (exact) mass is 437 g/mol. The molecule has 1 amide bonds. The number of thiocarbonyl (C=S) groups is 1. The van der Waals surface area contributed by atoms with Crippen LogP contribution in [0.2, 0.25) is 5.02 Å². The van der Waals surface area contributed by atoms with Crippen LogP contribution in [0.1, 0.15) is 23.6 Å². The van der Waals surface area contributed by atoms with Gasteiger partial charge in [0.15, 0.2) is 0 Å². The minimum atomic E-state index is -0.116. The van der Waals surface area contributed by atoms with Crippen LogP contribution in [0.5, 0.6) is 0 Å². The standard InChI is InChI=1S/C24H24ClN3OS/c25-20-12-10-19(11-13-20)23(18-6-2-1-3-7-18)27-14-16-28(17-15-27)26-24(29)21-8-4-5-9-22(21)30/h1-8,10-13,23H,9,14-17H2,(H,26,29). The summed E-state index contributed by atoms with van der Waals surface area (Å²) >= 11 is 11.4. The van der Waals surface area contributed by atoms with Gasteiger partial charge in [0.1, 0.15) is 0 Å². The van der Waals surface area contributed by atoms with Gasteiger partial charge >= 0.3 is 0 Å². The van der Waals surface area contributed by atoms with Crippen LogP contribution in [0, 0.1) is 0 Å². The minimum Gasteiger partial charge on any atom is -0.290 e. The lowest BCUT2D eigenvalue weighted by Gasteiger charge is -2.39. The molecule has 1 saturated heterocycles. The summed E-state index contributed by atoms with van der Waals surface area (Å²) in [6, 6.07) is 18.7. The van der Waals surface area contributed by atoms with Crippen molar-refractivity contribution in [2.45, 2.75) is 12.5 Å². The van der Waals surface area contributed by atoms with Crippen molar-refractivity contribution in [1.29, 1.82) is 0 Å². The molecule has 1 fully saturated rings. The highest BCUT2D eigenvalue weighted by atomic mass is 35.5. The minimum absolute atomic E-state index is 0.116. The number of hydrogen-bond donors (Lipinski definition) is 1. The summed E-state index contributed by atoms with van der Waals surface area (Å²) in [5.74, 6) is -0.116. The maximum absolute atomic E-state index is 12.6. The average Bonchev–Trinajstić information content (AvgIpc) is 2.77. The van der Waals surface area contributed by atoms with Gasteiger partial charge in [-0.05, 0) is 29.3 Å². The predicted octanol–water partition coefficient (Wildman–Crippen LogP) is 4.33. The first-order valence-electron chi connectivity index (χ1n) is 10.1. The Balaban J connectivity index is 1.44. The van der Waals surface area contributed by atoms with Gasteiger partial charge in [0, 0.05) is 42.5 Å². The fourth-order valence-corrected chi connectivity index (χ4v) is 4.32. The quantitative estimate of drug-likeness (QED) is 0.706. The normalized spacial score (nSPS) is 18.7. The van der Waals surface area contributed by atoms with Crippen LogP contribution in [0.15, 0.2) is 78.4 Å². The van der Waals surface area contributed by atoms with Gasteiger partial charge < -0.3 is 0 Å². The number of carbonyl (C=O) groups is 1. The highest BCUT2D eigenvalue weighted by molar-refractivity contribution is 7.81. The topological polar surface area (TPSA) is 35.6 Å². The number of benzene rings is 2. The van der Waals surface area contributed by atoms with Gasteiger partial charge in [0.2, 0.25) is 0 Å². The summed E-state index contributed by atoms with van der Waals surface area (Å²) in [4.78, 5) is 15.7. The molecular weight excluding hydrogens is 414 g/mol. The van der Waals surface area contributed by atoms with Crippen molar-refractivity contribution >= 4 is 34.6 Å². The smallest absolute Gasteiger partial charge is 0.266 e. The lowest BCUT2D eigenvalue weighted by molar-refractivity contribution is -0.122. The predicted molar refractivity (Wildman–Crippen MR) is 125 cm³/mol. The lowest BCUT2D eigenvalue weighted by Crippen LogP contribution is -2.54. The molecule has 1 aliphatic heterocycles. The Bertz CT molecular complexity index is 964. The molecule has 2 aromatic rings. The Labute approximate surface area is 187 Å². The van der Waals surface area contributed by atoms with Crippen LogP contribution < -0.4 is 5.43 Å². The molecule has 1 unspecified atom stereocenters. The van der Waals surface area contributed by atoms with Crippen LogP contribution in [0.4, 0.5) is 0 Å². The maximum Gasteiger partial charge on any atom is 0.266 e. The maximum atomic E-state index is 12.6. The molecule has 1 atom stereocenters. The first-order chi connectivity index (χ1) is 14.6. The molecule has 1 N–H and O–H groups in total. The molecule has 30 heavy (non-hydrogen) atoms. The van der Waals surface area contributed by atoms with E-state index in [0.717, 1.165) is 31.2 Å². The zero-order chi connectivity index (χ0) is 20.9. The molecule has 2 aliphatic rings. The van der Waals surface area contributed by atoms with Gasteiger partial charge in [-0.15, -0.1) is 0 Å². The van der Waals surface area contributed by atoms with Gasteiger partial charge in [0.25, 0.3) is 5.91 Å². The molecule has 2 aromatic carbocycles. The second-order valence-electron chi connectivity index (χ2n) is 7.46. The van der Waals surface area contributed by atoms with Crippen LogP contribution >= 0.6 is 23.8 Å². The number of allylic oxidation sites excluding steroid dienone is 3. The van der Waals surface area contributed by atoms with E-state index >= 15 is 0 Å². The molecule has 4 nitrogen and oxygen atoms in total. The highest BCUT2D eigenvalue weighted by Gasteiger charge is 2.27. The van der Waals surface area contributed by atoms with E-state index in [1.807, 2.05) is 35.4 Å². The molecule has 0 aromatic heterocycles. The van der Waals surface area contributed by atoms with Crippen molar-refractivity contribution in [3.05, 3.63) is 94.5 Å². The van der Waals surface area contributed by atoms with E-state index in [-0.39, 0.29) is 11.9 Å². The summed E-state index contributed by atoms with van der Waals surface area (Å²) in [7, 11) is 0. The SMILES string of the molecule is O=C(NN1CCN(C(c2ccccc2)c2ccc(Cl)cc2)CC1)C1=CC=CCC1=S. The molecule has 1 aliphatic carbocycles. The number of hydrogen-bond acceptors (Lipinski definition) is 4. The van der Waals surface area contributed by atoms with Gasteiger partial charge in [-0.2, -0.15) is 0 Å². The Morgan fingerprint density at radius 3 is 2.30 bits per heavy atom. The van der Waals surface area contributed by atoms with E-state index in [1.54, 1.807) is 6.08 Å². The van der Waals surface area contributed by atoms with Crippen LogP contribution in [-0.4, -0.2) is 46.9 Å². The van der Waals surface area contributed by atoms with Crippen LogP contribution in [-0.2, 0) is 4.79 Å². The van der Waals surface area contributed by atoms with Crippen molar-refractivity contribution in [3.8, 4) is 0 Å². The molecular formula is C24H24ClN3OS.